The second-order valence-electron chi connectivity index (χ2n) is 13.3. The molecule has 0 bridgehead atoms. The standard InChI is InChI=1S/C39H46F6O3/c1-3-5-21-46-32-19-17-29(35(41)38(32)44)26-11-13-27(14-12-26)48-23-24-7-9-25(10-8-24)28-15-16-30(36(42)34(28)40)31-18-20-33(39(45)37(31)43)47-22-6-4-2/h15-20,24-27H,3-14,21-23H2,1-2H3. The van der Waals surface area contributed by atoms with E-state index in [2.05, 4.69) is 0 Å². The fraction of sp³-hybridized carbons (Fsp3) is 0.538. The molecule has 0 spiro atoms. The lowest BCUT2D eigenvalue weighted by molar-refractivity contribution is -0.00295. The summed E-state index contributed by atoms with van der Waals surface area (Å²) in [6.07, 6.45) is 9.07. The molecule has 0 aromatic heterocycles. The molecule has 3 aromatic rings. The molecular formula is C39H46F6O3. The van der Waals surface area contributed by atoms with Crippen LogP contribution < -0.4 is 9.47 Å². The molecule has 3 nitrogen and oxygen atoms in total. The van der Waals surface area contributed by atoms with E-state index >= 15 is 8.78 Å². The van der Waals surface area contributed by atoms with Gasteiger partial charge in [0, 0.05) is 17.7 Å². The maximum Gasteiger partial charge on any atom is 0.201 e. The summed E-state index contributed by atoms with van der Waals surface area (Å²) in [5.41, 5.74) is -0.0355. The lowest BCUT2D eigenvalue weighted by atomic mass is 9.78. The van der Waals surface area contributed by atoms with Crippen LogP contribution in [0.3, 0.4) is 0 Å². The Morgan fingerprint density at radius 3 is 1.52 bits per heavy atom. The lowest BCUT2D eigenvalue weighted by Crippen LogP contribution is -2.26. The number of hydrogen-bond acceptors (Lipinski definition) is 3. The van der Waals surface area contributed by atoms with Crippen LogP contribution in [0.5, 0.6) is 11.5 Å². The third-order valence-corrected chi connectivity index (χ3v) is 10.0. The zero-order valence-electron chi connectivity index (χ0n) is 27.9. The van der Waals surface area contributed by atoms with Crippen molar-refractivity contribution in [1.82, 2.24) is 0 Å². The summed E-state index contributed by atoms with van der Waals surface area (Å²) < 4.78 is 106. The highest BCUT2D eigenvalue weighted by Gasteiger charge is 2.30. The largest absolute Gasteiger partial charge is 0.490 e. The molecule has 2 saturated carbocycles. The van der Waals surface area contributed by atoms with Crippen LogP contribution in [-0.4, -0.2) is 25.9 Å². The summed E-state index contributed by atoms with van der Waals surface area (Å²) in [5, 5.41) is 0. The summed E-state index contributed by atoms with van der Waals surface area (Å²) in [6, 6.07) is 8.44. The summed E-state index contributed by atoms with van der Waals surface area (Å²) in [7, 11) is 0. The quantitative estimate of drug-likeness (QED) is 0.126. The van der Waals surface area contributed by atoms with Gasteiger partial charge in [0.1, 0.15) is 0 Å². The van der Waals surface area contributed by atoms with Crippen LogP contribution in [0.25, 0.3) is 11.1 Å². The van der Waals surface area contributed by atoms with Crippen LogP contribution in [0.2, 0.25) is 0 Å². The number of rotatable bonds is 14. The Kier molecular flexibility index (Phi) is 12.7. The number of benzene rings is 3. The molecule has 0 unspecified atom stereocenters. The first kappa shape index (κ1) is 36.1. The van der Waals surface area contributed by atoms with E-state index in [1.54, 1.807) is 6.07 Å². The van der Waals surface area contributed by atoms with E-state index in [0.29, 0.717) is 50.9 Å². The maximum absolute atomic E-state index is 15.3. The first-order chi connectivity index (χ1) is 23.2. The molecule has 3 aromatic carbocycles. The van der Waals surface area contributed by atoms with E-state index in [-0.39, 0.29) is 58.7 Å². The molecule has 0 heterocycles. The van der Waals surface area contributed by atoms with E-state index in [4.69, 9.17) is 14.2 Å². The summed E-state index contributed by atoms with van der Waals surface area (Å²) in [6.45, 7) is 5.10. The van der Waals surface area contributed by atoms with Crippen molar-refractivity contribution < 1.29 is 40.6 Å². The fourth-order valence-corrected chi connectivity index (χ4v) is 7.02. The highest BCUT2D eigenvalue weighted by atomic mass is 19.2. The highest BCUT2D eigenvalue weighted by Crippen LogP contribution is 2.41. The van der Waals surface area contributed by atoms with E-state index in [9.17, 15) is 17.6 Å². The maximum atomic E-state index is 15.3. The molecular weight excluding hydrogens is 630 g/mol. The summed E-state index contributed by atoms with van der Waals surface area (Å²) in [4.78, 5) is 0. The second kappa shape index (κ2) is 17.0. The average molecular weight is 677 g/mol. The van der Waals surface area contributed by atoms with Crippen molar-refractivity contribution in [3.05, 3.63) is 82.4 Å². The molecule has 0 saturated heterocycles. The number of unbranched alkanes of at least 4 members (excludes halogenated alkanes) is 2. The van der Waals surface area contributed by atoms with Crippen molar-refractivity contribution >= 4 is 0 Å². The normalized spacial score (nSPS) is 21.3. The topological polar surface area (TPSA) is 27.7 Å². The van der Waals surface area contributed by atoms with Crippen LogP contribution >= 0.6 is 0 Å². The lowest BCUT2D eigenvalue weighted by Gasteiger charge is -2.33. The summed E-state index contributed by atoms with van der Waals surface area (Å²) in [5.74, 6) is -6.70. The predicted molar refractivity (Wildman–Crippen MR) is 175 cm³/mol. The molecule has 5 rings (SSSR count). The van der Waals surface area contributed by atoms with Crippen molar-refractivity contribution in [2.24, 2.45) is 5.92 Å². The molecule has 48 heavy (non-hydrogen) atoms. The van der Waals surface area contributed by atoms with Gasteiger partial charge in [-0.2, -0.15) is 8.78 Å². The molecule has 0 radical (unpaired) electrons. The highest BCUT2D eigenvalue weighted by molar-refractivity contribution is 5.66. The fourth-order valence-electron chi connectivity index (χ4n) is 7.02. The van der Waals surface area contributed by atoms with Gasteiger partial charge in [-0.25, -0.2) is 17.6 Å². The van der Waals surface area contributed by atoms with Crippen LogP contribution in [0.1, 0.15) is 114 Å². The van der Waals surface area contributed by atoms with E-state index in [0.717, 1.165) is 44.9 Å². The van der Waals surface area contributed by atoms with Gasteiger partial charge >= 0.3 is 0 Å². The molecule has 9 heteroatoms. The number of halogens is 6. The Morgan fingerprint density at radius 2 is 0.958 bits per heavy atom. The van der Waals surface area contributed by atoms with Crippen molar-refractivity contribution in [3.63, 3.8) is 0 Å². The smallest absolute Gasteiger partial charge is 0.201 e. The van der Waals surface area contributed by atoms with Crippen LogP contribution in [0.15, 0.2) is 36.4 Å². The molecule has 262 valence electrons. The van der Waals surface area contributed by atoms with Gasteiger partial charge in [0.2, 0.25) is 11.6 Å². The molecule has 0 amide bonds. The van der Waals surface area contributed by atoms with Crippen molar-refractivity contribution in [3.8, 4) is 22.6 Å². The summed E-state index contributed by atoms with van der Waals surface area (Å²) >= 11 is 0. The molecule has 2 aliphatic rings. The van der Waals surface area contributed by atoms with Gasteiger partial charge in [-0.15, -0.1) is 0 Å². The third kappa shape index (κ3) is 8.32. The van der Waals surface area contributed by atoms with E-state index in [1.807, 2.05) is 13.8 Å². The van der Waals surface area contributed by atoms with Gasteiger partial charge in [-0.3, -0.25) is 0 Å². The Balaban J connectivity index is 1.10. The monoisotopic (exact) mass is 676 g/mol. The first-order valence-electron chi connectivity index (χ1n) is 17.5. The van der Waals surface area contributed by atoms with Crippen LogP contribution in [0, 0.1) is 40.8 Å². The Morgan fingerprint density at radius 1 is 0.521 bits per heavy atom. The molecule has 0 atom stereocenters. The molecule has 2 fully saturated rings. The minimum Gasteiger partial charge on any atom is -0.490 e. The molecule has 2 aliphatic carbocycles. The predicted octanol–water partition coefficient (Wildman–Crippen LogP) is 11.6. The van der Waals surface area contributed by atoms with E-state index in [1.165, 1.54) is 30.3 Å². The van der Waals surface area contributed by atoms with Crippen molar-refractivity contribution in [1.29, 1.82) is 0 Å². The Bertz CT molecular complexity index is 1510. The van der Waals surface area contributed by atoms with Crippen molar-refractivity contribution in [2.75, 3.05) is 19.8 Å². The first-order valence-corrected chi connectivity index (χ1v) is 17.5. The SMILES string of the molecule is CCCCOc1ccc(-c2ccc(C3CCC(COC4CCC(c5ccc(OCCCC)c(F)c5F)CC4)CC3)c(F)c2F)c(F)c1F. The van der Waals surface area contributed by atoms with Gasteiger partial charge in [0.25, 0.3) is 0 Å². The molecule has 0 N–H and O–H groups in total. The van der Waals surface area contributed by atoms with E-state index < -0.39 is 34.9 Å². The Hall–Kier alpha value is -3.20. The minimum atomic E-state index is -1.27. The molecule has 0 aliphatic heterocycles. The Labute approximate surface area is 280 Å². The van der Waals surface area contributed by atoms with Crippen LogP contribution in [0.4, 0.5) is 26.3 Å². The van der Waals surface area contributed by atoms with Gasteiger partial charge in [-0.05, 0) is 111 Å². The van der Waals surface area contributed by atoms with Crippen LogP contribution in [-0.2, 0) is 4.74 Å². The zero-order valence-corrected chi connectivity index (χ0v) is 27.9. The van der Waals surface area contributed by atoms with Crippen molar-refractivity contribution in [2.45, 2.75) is 109 Å². The van der Waals surface area contributed by atoms with Gasteiger partial charge in [0.15, 0.2) is 34.8 Å². The van der Waals surface area contributed by atoms with Gasteiger partial charge in [0.05, 0.1) is 19.3 Å². The second-order valence-corrected chi connectivity index (χ2v) is 13.3. The number of hydrogen-bond donors (Lipinski definition) is 0. The zero-order chi connectivity index (χ0) is 34.2. The average Bonchev–Trinajstić information content (AvgIpc) is 3.10. The number of ether oxygens (including phenoxy) is 3. The minimum absolute atomic E-state index is 0.0389. The van der Waals surface area contributed by atoms with Gasteiger partial charge < -0.3 is 14.2 Å². The van der Waals surface area contributed by atoms with Gasteiger partial charge in [-0.1, -0.05) is 44.9 Å². The third-order valence-electron chi connectivity index (χ3n) is 10.0.